The molecule has 0 fully saturated rings. The maximum absolute atomic E-state index is 12.9. The van der Waals surface area contributed by atoms with E-state index in [-0.39, 0.29) is 16.2 Å². The molecule has 0 aromatic carbocycles. The van der Waals surface area contributed by atoms with E-state index in [0.29, 0.717) is 5.78 Å². The summed E-state index contributed by atoms with van der Waals surface area (Å²) in [4.78, 5) is 12.9. The maximum atomic E-state index is 12.9. The molecular weight excluding hydrogens is 208 g/mol. The molecule has 0 heterocycles. The topological polar surface area (TPSA) is 17.1 Å². The highest BCUT2D eigenvalue weighted by Gasteiger charge is 2.51. The third-order valence-corrected chi connectivity index (χ3v) is 5.04. The molecule has 0 bridgehead atoms. The van der Waals surface area contributed by atoms with E-state index < -0.39 is 0 Å². The quantitative estimate of drug-likeness (QED) is 0.621. The highest BCUT2D eigenvalue weighted by Crippen LogP contribution is 2.52. The Morgan fingerprint density at radius 3 is 1.29 bits per heavy atom. The van der Waals surface area contributed by atoms with Crippen LogP contribution in [0.25, 0.3) is 0 Å². The lowest BCUT2D eigenvalue weighted by Crippen LogP contribution is -2.49. The van der Waals surface area contributed by atoms with Crippen molar-refractivity contribution in [2.45, 2.75) is 81.1 Å². The molecule has 1 nitrogen and oxygen atoms in total. The van der Waals surface area contributed by atoms with Gasteiger partial charge in [-0.1, -0.05) is 55.4 Å². The van der Waals surface area contributed by atoms with Crippen LogP contribution in [-0.4, -0.2) is 5.78 Å². The zero-order valence-corrected chi connectivity index (χ0v) is 13.2. The first-order valence-electron chi connectivity index (χ1n) is 7.20. The summed E-state index contributed by atoms with van der Waals surface area (Å²) in [7, 11) is 0. The molecule has 0 rings (SSSR count). The molecule has 0 aliphatic rings. The molecule has 0 aliphatic carbocycles. The number of Topliss-reactive ketones (excluding diaryl/α,β-unsaturated/α-hetero) is 1. The number of ketones is 1. The Hall–Kier alpha value is -0.330. The van der Waals surface area contributed by atoms with Crippen molar-refractivity contribution in [2.75, 3.05) is 0 Å². The van der Waals surface area contributed by atoms with E-state index in [9.17, 15) is 4.79 Å². The average Bonchev–Trinajstić information content (AvgIpc) is 2.29. The highest BCUT2D eigenvalue weighted by atomic mass is 16.1. The van der Waals surface area contributed by atoms with Gasteiger partial charge in [0.15, 0.2) is 0 Å². The normalized spacial score (nSPS) is 13.9. The molecule has 0 saturated heterocycles. The number of hydrogen-bond donors (Lipinski definition) is 0. The Labute approximate surface area is 108 Å². The first-order chi connectivity index (χ1) is 7.65. The van der Waals surface area contributed by atoms with E-state index in [1.165, 1.54) is 0 Å². The number of rotatable bonds is 6. The Morgan fingerprint density at radius 1 is 0.765 bits per heavy atom. The number of carbonyl (C=O) groups excluding carboxylic acids is 1. The first kappa shape index (κ1) is 16.7. The molecule has 17 heavy (non-hydrogen) atoms. The van der Waals surface area contributed by atoms with Crippen molar-refractivity contribution in [1.82, 2.24) is 0 Å². The van der Waals surface area contributed by atoms with Gasteiger partial charge in [-0.05, 0) is 31.1 Å². The molecule has 0 aromatic heterocycles. The zero-order valence-electron chi connectivity index (χ0n) is 13.2. The summed E-state index contributed by atoms with van der Waals surface area (Å²) in [5.41, 5.74) is -0.271. The van der Waals surface area contributed by atoms with Crippen LogP contribution in [0.15, 0.2) is 0 Å². The summed E-state index contributed by atoms with van der Waals surface area (Å²) >= 11 is 0. The average molecular weight is 240 g/mol. The molecule has 102 valence electrons. The van der Waals surface area contributed by atoms with E-state index in [4.69, 9.17) is 0 Å². The van der Waals surface area contributed by atoms with Crippen molar-refractivity contribution in [2.24, 2.45) is 16.2 Å². The highest BCUT2D eigenvalue weighted by molar-refractivity contribution is 5.90. The van der Waals surface area contributed by atoms with E-state index >= 15 is 0 Å². The van der Waals surface area contributed by atoms with Crippen molar-refractivity contribution in [3.05, 3.63) is 0 Å². The largest absolute Gasteiger partial charge is 0.298 e. The van der Waals surface area contributed by atoms with Crippen molar-refractivity contribution in [1.29, 1.82) is 0 Å². The second-order valence-corrected chi connectivity index (χ2v) is 6.64. The Balaban J connectivity index is 5.68. The molecule has 0 unspecified atom stereocenters. The summed E-state index contributed by atoms with van der Waals surface area (Å²) in [6.07, 6.45) is 4.07. The van der Waals surface area contributed by atoms with Crippen LogP contribution in [-0.2, 0) is 4.79 Å². The van der Waals surface area contributed by atoms with Crippen molar-refractivity contribution in [3.8, 4) is 0 Å². The molecule has 0 spiro atoms. The van der Waals surface area contributed by atoms with Crippen molar-refractivity contribution < 1.29 is 4.79 Å². The predicted molar refractivity (Wildman–Crippen MR) is 76.2 cm³/mol. The predicted octanol–water partition coefficient (Wildman–Crippen LogP) is 5.23. The maximum Gasteiger partial charge on any atom is 0.144 e. The van der Waals surface area contributed by atoms with Gasteiger partial charge in [-0.2, -0.15) is 0 Å². The lowest BCUT2D eigenvalue weighted by molar-refractivity contribution is -0.147. The van der Waals surface area contributed by atoms with Gasteiger partial charge in [0.05, 0.1) is 0 Å². The lowest BCUT2D eigenvalue weighted by Gasteiger charge is -2.49. The van der Waals surface area contributed by atoms with Crippen LogP contribution < -0.4 is 0 Å². The van der Waals surface area contributed by atoms with Crippen LogP contribution in [0.1, 0.15) is 81.1 Å². The van der Waals surface area contributed by atoms with Gasteiger partial charge in [-0.3, -0.25) is 4.79 Å². The fourth-order valence-electron chi connectivity index (χ4n) is 3.34. The second-order valence-electron chi connectivity index (χ2n) is 6.64. The van der Waals surface area contributed by atoms with Crippen LogP contribution in [0.4, 0.5) is 0 Å². The van der Waals surface area contributed by atoms with Crippen LogP contribution in [0.2, 0.25) is 0 Å². The third-order valence-electron chi connectivity index (χ3n) is 5.04. The molecule has 0 radical (unpaired) electrons. The summed E-state index contributed by atoms with van der Waals surface area (Å²) in [5, 5.41) is 0. The van der Waals surface area contributed by atoms with E-state index in [1.54, 1.807) is 0 Å². The second kappa shape index (κ2) is 5.54. The van der Waals surface area contributed by atoms with Crippen molar-refractivity contribution >= 4 is 5.78 Å². The summed E-state index contributed by atoms with van der Waals surface area (Å²) in [6, 6.07) is 0. The van der Waals surface area contributed by atoms with Crippen LogP contribution in [0.5, 0.6) is 0 Å². The van der Waals surface area contributed by atoms with Crippen LogP contribution >= 0.6 is 0 Å². The van der Waals surface area contributed by atoms with E-state index in [2.05, 4.69) is 55.4 Å². The van der Waals surface area contributed by atoms with Crippen LogP contribution in [0, 0.1) is 16.2 Å². The minimum Gasteiger partial charge on any atom is -0.298 e. The van der Waals surface area contributed by atoms with Gasteiger partial charge < -0.3 is 0 Å². The third kappa shape index (κ3) is 2.74. The van der Waals surface area contributed by atoms with Crippen molar-refractivity contribution in [3.63, 3.8) is 0 Å². The molecule has 0 aromatic rings. The van der Waals surface area contributed by atoms with Crippen LogP contribution in [0.3, 0.4) is 0 Å². The van der Waals surface area contributed by atoms with Gasteiger partial charge in [-0.15, -0.1) is 0 Å². The molecule has 0 aliphatic heterocycles. The lowest BCUT2D eigenvalue weighted by atomic mass is 9.53. The molecule has 0 saturated carbocycles. The number of hydrogen-bond acceptors (Lipinski definition) is 1. The van der Waals surface area contributed by atoms with Gasteiger partial charge in [0.2, 0.25) is 0 Å². The Bertz CT molecular complexity index is 249. The smallest absolute Gasteiger partial charge is 0.144 e. The SMILES string of the molecule is CCC(C)(CC)C(CC)(CC)C(=O)C(C)(C)C. The zero-order chi connectivity index (χ0) is 13.9. The fraction of sp³-hybridized carbons (Fsp3) is 0.938. The molecular formula is C16H32O. The van der Waals surface area contributed by atoms with Gasteiger partial charge in [0.1, 0.15) is 5.78 Å². The summed E-state index contributed by atoms with van der Waals surface area (Å²) in [5.74, 6) is 0.446. The van der Waals surface area contributed by atoms with E-state index in [1.807, 2.05) is 0 Å². The fourth-order valence-corrected chi connectivity index (χ4v) is 3.34. The summed E-state index contributed by atoms with van der Waals surface area (Å²) in [6.45, 7) is 17.3. The standard InChI is InChI=1S/C16H32O/c1-9-15(8,10-2)16(11-3,12-4)13(17)14(5,6)7/h9-12H2,1-8H3. The van der Waals surface area contributed by atoms with Gasteiger partial charge in [0.25, 0.3) is 0 Å². The molecule has 1 heteroatoms. The minimum atomic E-state index is -0.238. The molecule has 0 N–H and O–H groups in total. The van der Waals surface area contributed by atoms with Gasteiger partial charge in [-0.25, -0.2) is 0 Å². The monoisotopic (exact) mass is 240 g/mol. The molecule has 0 atom stereocenters. The van der Waals surface area contributed by atoms with E-state index in [0.717, 1.165) is 25.7 Å². The van der Waals surface area contributed by atoms with Gasteiger partial charge >= 0.3 is 0 Å². The molecule has 0 amide bonds. The Morgan fingerprint density at radius 2 is 1.12 bits per heavy atom. The first-order valence-corrected chi connectivity index (χ1v) is 7.20. The Kier molecular flexibility index (Phi) is 5.43. The minimum absolute atomic E-state index is 0.126. The number of carbonyl (C=O) groups is 1. The van der Waals surface area contributed by atoms with Gasteiger partial charge in [0, 0.05) is 10.8 Å². The summed E-state index contributed by atoms with van der Waals surface area (Å²) < 4.78 is 0.